The molecule has 0 heterocycles. The number of halogens is 1. The summed E-state index contributed by atoms with van der Waals surface area (Å²) < 4.78 is 22.9. The van der Waals surface area contributed by atoms with Crippen LogP contribution in [0.25, 0.3) is 0 Å². The zero-order chi connectivity index (χ0) is 21.9. The number of carboxylic acid groups (broad SMARTS) is 1. The van der Waals surface area contributed by atoms with Crippen LogP contribution in [0, 0.1) is 5.82 Å². The lowest BCUT2D eigenvalue weighted by Crippen LogP contribution is -2.38. The van der Waals surface area contributed by atoms with Crippen molar-refractivity contribution >= 4 is 23.7 Å². The molecular formula is C21H23FN2O6. The summed E-state index contributed by atoms with van der Waals surface area (Å²) in [6, 6.07) is 12.4. The SMILES string of the molecule is COCCN(CC(=O)O)C(=O)OCc1ccc(NC(=O)Cc2ccc(F)cc2)cc1. The Bertz CT molecular complexity index is 855. The average Bonchev–Trinajstić information content (AvgIpc) is 2.71. The van der Waals surface area contributed by atoms with E-state index >= 15 is 0 Å². The molecule has 0 saturated carbocycles. The minimum atomic E-state index is -1.15. The van der Waals surface area contributed by atoms with Crippen molar-refractivity contribution in [1.29, 1.82) is 0 Å². The molecule has 0 aliphatic heterocycles. The molecule has 160 valence electrons. The number of amides is 2. The molecule has 9 heteroatoms. The van der Waals surface area contributed by atoms with E-state index in [0.717, 1.165) is 4.90 Å². The highest BCUT2D eigenvalue weighted by Gasteiger charge is 2.18. The van der Waals surface area contributed by atoms with E-state index < -0.39 is 18.6 Å². The molecule has 0 radical (unpaired) electrons. The summed E-state index contributed by atoms with van der Waals surface area (Å²) in [7, 11) is 1.45. The first kappa shape index (κ1) is 22.8. The van der Waals surface area contributed by atoms with Gasteiger partial charge in [-0.3, -0.25) is 14.5 Å². The first-order valence-electron chi connectivity index (χ1n) is 9.13. The van der Waals surface area contributed by atoms with Gasteiger partial charge in [0.2, 0.25) is 5.91 Å². The molecular weight excluding hydrogens is 395 g/mol. The summed E-state index contributed by atoms with van der Waals surface area (Å²) in [6.45, 7) is -0.248. The van der Waals surface area contributed by atoms with E-state index in [9.17, 15) is 18.8 Å². The molecule has 2 aromatic carbocycles. The average molecular weight is 418 g/mol. The molecule has 0 atom stereocenters. The van der Waals surface area contributed by atoms with Gasteiger partial charge in [0.25, 0.3) is 0 Å². The number of nitrogens with zero attached hydrogens (tertiary/aromatic N) is 1. The van der Waals surface area contributed by atoms with Gasteiger partial charge in [0.1, 0.15) is 19.0 Å². The predicted molar refractivity (Wildman–Crippen MR) is 106 cm³/mol. The Labute approximate surface area is 173 Å². The first-order chi connectivity index (χ1) is 14.4. The molecule has 0 spiro atoms. The highest BCUT2D eigenvalue weighted by atomic mass is 19.1. The number of aliphatic carboxylic acids is 1. The number of methoxy groups -OCH3 is 1. The smallest absolute Gasteiger partial charge is 0.410 e. The molecule has 0 unspecified atom stereocenters. The minimum absolute atomic E-state index is 0.0499. The summed E-state index contributed by atoms with van der Waals surface area (Å²) in [5.41, 5.74) is 1.92. The van der Waals surface area contributed by atoms with Crippen LogP contribution >= 0.6 is 0 Å². The number of anilines is 1. The molecule has 2 amide bonds. The fraction of sp³-hybridized carbons (Fsp3) is 0.286. The molecule has 0 aromatic heterocycles. The number of carbonyl (C=O) groups excluding carboxylic acids is 2. The Hall–Kier alpha value is -3.46. The monoisotopic (exact) mass is 418 g/mol. The minimum Gasteiger partial charge on any atom is -0.480 e. The van der Waals surface area contributed by atoms with Crippen molar-refractivity contribution in [3.63, 3.8) is 0 Å². The van der Waals surface area contributed by atoms with E-state index in [-0.39, 0.29) is 37.9 Å². The number of hydrogen-bond donors (Lipinski definition) is 2. The summed E-state index contributed by atoms with van der Waals surface area (Å²) in [5, 5.41) is 11.6. The van der Waals surface area contributed by atoms with E-state index in [2.05, 4.69) is 5.32 Å². The molecule has 0 aliphatic carbocycles. The molecule has 2 N–H and O–H groups in total. The fourth-order valence-corrected chi connectivity index (χ4v) is 2.51. The maximum absolute atomic E-state index is 12.9. The molecule has 2 aromatic rings. The quantitative estimate of drug-likeness (QED) is 0.615. The van der Waals surface area contributed by atoms with Crippen LogP contribution in [0.1, 0.15) is 11.1 Å². The number of benzene rings is 2. The standard InChI is InChI=1S/C21H23FN2O6/c1-29-11-10-24(13-20(26)27)21(28)30-14-16-4-8-18(9-5-16)23-19(25)12-15-2-6-17(22)7-3-15/h2-9H,10-14H2,1H3,(H,23,25)(H,26,27). The Kier molecular flexibility index (Phi) is 8.76. The molecule has 0 bridgehead atoms. The number of carbonyl (C=O) groups is 3. The Morgan fingerprint density at radius 2 is 1.67 bits per heavy atom. The van der Waals surface area contributed by atoms with Crippen LogP contribution in [-0.2, 0) is 32.1 Å². The molecule has 0 aliphatic rings. The van der Waals surface area contributed by atoms with Gasteiger partial charge < -0.3 is 19.9 Å². The fourth-order valence-electron chi connectivity index (χ4n) is 2.51. The zero-order valence-electron chi connectivity index (χ0n) is 16.5. The highest BCUT2D eigenvalue weighted by Crippen LogP contribution is 2.12. The van der Waals surface area contributed by atoms with E-state index in [1.807, 2.05) is 0 Å². The van der Waals surface area contributed by atoms with Gasteiger partial charge in [-0.1, -0.05) is 24.3 Å². The second-order valence-electron chi connectivity index (χ2n) is 6.41. The van der Waals surface area contributed by atoms with Crippen molar-refractivity contribution in [3.05, 3.63) is 65.5 Å². The Morgan fingerprint density at radius 1 is 1.03 bits per heavy atom. The van der Waals surface area contributed by atoms with Crippen molar-refractivity contribution in [3.8, 4) is 0 Å². The van der Waals surface area contributed by atoms with E-state index in [0.29, 0.717) is 16.8 Å². The predicted octanol–water partition coefficient (Wildman–Crippen LogP) is 2.68. The third-order valence-electron chi connectivity index (χ3n) is 4.03. The summed E-state index contributed by atoms with van der Waals surface area (Å²) in [4.78, 5) is 36.1. The lowest BCUT2D eigenvalue weighted by atomic mass is 10.1. The van der Waals surface area contributed by atoms with E-state index in [1.165, 1.54) is 19.2 Å². The summed E-state index contributed by atoms with van der Waals surface area (Å²) >= 11 is 0. The number of carboxylic acids is 1. The van der Waals surface area contributed by atoms with Crippen LogP contribution in [0.5, 0.6) is 0 Å². The highest BCUT2D eigenvalue weighted by molar-refractivity contribution is 5.92. The zero-order valence-corrected chi connectivity index (χ0v) is 16.5. The maximum Gasteiger partial charge on any atom is 0.410 e. The van der Waals surface area contributed by atoms with Gasteiger partial charge in [0, 0.05) is 19.3 Å². The van der Waals surface area contributed by atoms with Crippen molar-refractivity contribution in [2.45, 2.75) is 13.0 Å². The third-order valence-corrected chi connectivity index (χ3v) is 4.03. The molecule has 2 rings (SSSR count). The lowest BCUT2D eigenvalue weighted by molar-refractivity contribution is -0.138. The molecule has 0 fully saturated rings. The van der Waals surface area contributed by atoms with Gasteiger partial charge in [-0.25, -0.2) is 9.18 Å². The number of hydrogen-bond acceptors (Lipinski definition) is 5. The summed E-state index contributed by atoms with van der Waals surface area (Å²) in [5.74, 6) is -1.76. The van der Waals surface area contributed by atoms with Crippen LogP contribution in [0.2, 0.25) is 0 Å². The van der Waals surface area contributed by atoms with Crippen LogP contribution in [0.15, 0.2) is 48.5 Å². The van der Waals surface area contributed by atoms with Gasteiger partial charge in [-0.2, -0.15) is 0 Å². The number of rotatable bonds is 10. The van der Waals surface area contributed by atoms with E-state index in [4.69, 9.17) is 14.6 Å². The number of ether oxygens (including phenoxy) is 2. The van der Waals surface area contributed by atoms with Crippen LogP contribution < -0.4 is 5.32 Å². The van der Waals surface area contributed by atoms with Crippen molar-refractivity contribution in [1.82, 2.24) is 4.90 Å². The van der Waals surface area contributed by atoms with Crippen molar-refractivity contribution in [2.75, 3.05) is 32.1 Å². The second-order valence-corrected chi connectivity index (χ2v) is 6.41. The lowest BCUT2D eigenvalue weighted by Gasteiger charge is -2.19. The normalized spacial score (nSPS) is 10.3. The van der Waals surface area contributed by atoms with Crippen molar-refractivity contribution < 1.29 is 33.4 Å². The first-order valence-corrected chi connectivity index (χ1v) is 9.13. The van der Waals surface area contributed by atoms with Crippen molar-refractivity contribution in [2.24, 2.45) is 0 Å². The molecule has 8 nitrogen and oxygen atoms in total. The van der Waals surface area contributed by atoms with Gasteiger partial charge in [-0.15, -0.1) is 0 Å². The van der Waals surface area contributed by atoms with E-state index in [1.54, 1.807) is 36.4 Å². The van der Waals surface area contributed by atoms with Gasteiger partial charge >= 0.3 is 12.1 Å². The Morgan fingerprint density at radius 3 is 2.27 bits per heavy atom. The molecule has 30 heavy (non-hydrogen) atoms. The molecule has 0 saturated heterocycles. The van der Waals surface area contributed by atoms with Crippen LogP contribution in [0.4, 0.5) is 14.9 Å². The summed E-state index contributed by atoms with van der Waals surface area (Å²) in [6.07, 6.45) is -0.647. The van der Waals surface area contributed by atoms with Gasteiger partial charge in [0.15, 0.2) is 0 Å². The largest absolute Gasteiger partial charge is 0.480 e. The third kappa shape index (κ3) is 7.88. The topological polar surface area (TPSA) is 105 Å². The maximum atomic E-state index is 12.9. The Balaban J connectivity index is 1.84. The second kappa shape index (κ2) is 11.5. The number of nitrogens with one attached hydrogen (secondary N) is 1. The van der Waals surface area contributed by atoms with Crippen LogP contribution in [-0.4, -0.2) is 54.8 Å². The van der Waals surface area contributed by atoms with Gasteiger partial charge in [-0.05, 0) is 35.4 Å². The van der Waals surface area contributed by atoms with Gasteiger partial charge in [0.05, 0.1) is 13.0 Å². The van der Waals surface area contributed by atoms with Crippen LogP contribution in [0.3, 0.4) is 0 Å².